The highest BCUT2D eigenvalue weighted by Crippen LogP contribution is 2.10. The third-order valence-electron chi connectivity index (χ3n) is 1.07. The zero-order chi connectivity index (χ0) is 7.56. The summed E-state index contributed by atoms with van der Waals surface area (Å²) in [4.78, 5) is 10.6. The van der Waals surface area contributed by atoms with Crippen molar-refractivity contribution < 1.29 is 9.52 Å². The van der Waals surface area contributed by atoms with E-state index >= 15 is 0 Å². The van der Waals surface area contributed by atoms with Crippen molar-refractivity contribution in [2.24, 2.45) is 0 Å². The van der Waals surface area contributed by atoms with E-state index in [0.717, 1.165) is 6.07 Å². The number of rotatable bonds is 1. The first-order valence-electron chi connectivity index (χ1n) is 2.69. The van der Waals surface area contributed by atoms with Gasteiger partial charge in [-0.1, -0.05) is 6.58 Å². The Morgan fingerprint density at radius 1 is 1.70 bits per heavy atom. The lowest BCUT2D eigenvalue weighted by Crippen LogP contribution is -1.97. The summed E-state index contributed by atoms with van der Waals surface area (Å²) in [5.41, 5.74) is -0.457. The van der Waals surface area contributed by atoms with Gasteiger partial charge in [-0.25, -0.2) is 0 Å². The number of hydrogen-bond acceptors (Lipinski definition) is 3. The maximum absolute atomic E-state index is 10.6. The van der Waals surface area contributed by atoms with Crippen LogP contribution < -0.4 is 5.43 Å². The van der Waals surface area contributed by atoms with Gasteiger partial charge >= 0.3 is 0 Å². The first-order valence-corrected chi connectivity index (χ1v) is 2.69. The first kappa shape index (κ1) is 6.61. The summed E-state index contributed by atoms with van der Waals surface area (Å²) in [5, 5.41) is 8.92. The van der Waals surface area contributed by atoms with Gasteiger partial charge in [0.1, 0.15) is 0 Å². The minimum absolute atomic E-state index is 0.104. The lowest BCUT2D eigenvalue weighted by molar-refractivity contribution is 0.424. The number of hydrogen-bond donors (Lipinski definition) is 1. The van der Waals surface area contributed by atoms with E-state index in [-0.39, 0.29) is 5.76 Å². The molecule has 1 aromatic rings. The molecule has 1 rings (SSSR count). The van der Waals surface area contributed by atoms with E-state index in [0.29, 0.717) is 0 Å². The van der Waals surface area contributed by atoms with Crippen molar-refractivity contribution in [1.29, 1.82) is 0 Å². The van der Waals surface area contributed by atoms with E-state index in [2.05, 4.69) is 6.58 Å². The Morgan fingerprint density at radius 2 is 2.40 bits per heavy atom. The quantitative estimate of drug-likeness (QED) is 0.629. The van der Waals surface area contributed by atoms with E-state index in [1.165, 1.54) is 12.3 Å². The molecule has 0 spiro atoms. The average Bonchev–Trinajstić information content (AvgIpc) is 1.95. The van der Waals surface area contributed by atoms with Gasteiger partial charge in [-0.15, -0.1) is 0 Å². The van der Waals surface area contributed by atoms with Gasteiger partial charge in [0.2, 0.25) is 11.2 Å². The molecule has 0 aromatic carbocycles. The lowest BCUT2D eigenvalue weighted by Gasteiger charge is -1.92. The Labute approximate surface area is 57.2 Å². The first-order chi connectivity index (χ1) is 4.75. The molecule has 0 aliphatic heterocycles. The Bertz CT molecular complexity index is 298. The Morgan fingerprint density at radius 3 is 2.90 bits per heavy atom. The SMILES string of the molecule is C=Cc1occc(=O)c1O. The molecule has 52 valence electrons. The highest BCUT2D eigenvalue weighted by atomic mass is 16.4. The van der Waals surface area contributed by atoms with Gasteiger partial charge in [-0.2, -0.15) is 0 Å². The van der Waals surface area contributed by atoms with Gasteiger partial charge in [0.25, 0.3) is 0 Å². The van der Waals surface area contributed by atoms with Gasteiger partial charge in [0.15, 0.2) is 5.76 Å². The predicted molar refractivity (Wildman–Crippen MR) is 36.7 cm³/mol. The highest BCUT2D eigenvalue weighted by Gasteiger charge is 2.00. The highest BCUT2D eigenvalue weighted by molar-refractivity contribution is 5.47. The zero-order valence-electron chi connectivity index (χ0n) is 5.20. The standard InChI is InChI=1S/C7H6O3/c1-2-6-7(9)5(8)3-4-10-6/h2-4,9H,1H2. The molecule has 0 amide bonds. The van der Waals surface area contributed by atoms with E-state index in [1.807, 2.05) is 0 Å². The predicted octanol–water partition coefficient (Wildman–Crippen LogP) is 0.988. The number of aromatic hydroxyl groups is 1. The van der Waals surface area contributed by atoms with Crippen LogP contribution in [-0.2, 0) is 0 Å². The van der Waals surface area contributed by atoms with Gasteiger partial charge in [0.05, 0.1) is 6.26 Å². The molecule has 0 atom stereocenters. The van der Waals surface area contributed by atoms with Crippen molar-refractivity contribution in [2.45, 2.75) is 0 Å². The average molecular weight is 138 g/mol. The van der Waals surface area contributed by atoms with Gasteiger partial charge in [-0.05, 0) is 6.08 Å². The topological polar surface area (TPSA) is 50.4 Å². The molecule has 0 bridgehead atoms. The van der Waals surface area contributed by atoms with Crippen LogP contribution in [0.5, 0.6) is 5.75 Å². The van der Waals surface area contributed by atoms with Crippen LogP contribution in [0.3, 0.4) is 0 Å². The van der Waals surface area contributed by atoms with Crippen LogP contribution in [0.1, 0.15) is 5.76 Å². The van der Waals surface area contributed by atoms with Crippen LogP contribution in [0, 0.1) is 0 Å². The van der Waals surface area contributed by atoms with Crippen molar-refractivity contribution in [3.63, 3.8) is 0 Å². The van der Waals surface area contributed by atoms with E-state index in [9.17, 15) is 4.79 Å². The zero-order valence-corrected chi connectivity index (χ0v) is 5.20. The normalized spacial score (nSPS) is 9.20. The van der Waals surface area contributed by atoms with Crippen LogP contribution >= 0.6 is 0 Å². The molecule has 10 heavy (non-hydrogen) atoms. The molecule has 1 aromatic heterocycles. The summed E-state index contributed by atoms with van der Waals surface area (Å²) in [5.74, 6) is -0.287. The summed E-state index contributed by atoms with van der Waals surface area (Å²) in [6, 6.07) is 1.14. The minimum atomic E-state index is -0.457. The van der Waals surface area contributed by atoms with E-state index in [1.54, 1.807) is 0 Å². The molecule has 3 heteroatoms. The summed E-state index contributed by atoms with van der Waals surface area (Å²) in [6.07, 6.45) is 2.48. The molecular formula is C7H6O3. The Hall–Kier alpha value is -1.51. The third-order valence-corrected chi connectivity index (χ3v) is 1.07. The molecule has 0 unspecified atom stereocenters. The molecule has 0 aliphatic rings. The summed E-state index contributed by atoms with van der Waals surface area (Å²) in [7, 11) is 0. The Balaban J connectivity index is 3.41. The summed E-state index contributed by atoms with van der Waals surface area (Å²) >= 11 is 0. The maximum Gasteiger partial charge on any atom is 0.227 e. The molecule has 1 N–H and O–H groups in total. The van der Waals surface area contributed by atoms with Gasteiger partial charge in [-0.3, -0.25) is 4.79 Å². The van der Waals surface area contributed by atoms with E-state index in [4.69, 9.17) is 9.52 Å². The van der Waals surface area contributed by atoms with Crippen molar-refractivity contribution in [3.05, 3.63) is 34.9 Å². The summed E-state index contributed by atoms with van der Waals surface area (Å²) < 4.78 is 4.72. The molecule has 0 saturated carbocycles. The largest absolute Gasteiger partial charge is 0.502 e. The molecule has 3 nitrogen and oxygen atoms in total. The maximum atomic E-state index is 10.6. The van der Waals surface area contributed by atoms with Crippen LogP contribution in [0.4, 0.5) is 0 Å². The smallest absolute Gasteiger partial charge is 0.227 e. The summed E-state index contributed by atoms with van der Waals surface area (Å²) in [6.45, 7) is 3.34. The van der Waals surface area contributed by atoms with Crippen LogP contribution in [0.15, 0.2) is 28.1 Å². The minimum Gasteiger partial charge on any atom is -0.502 e. The molecule has 0 radical (unpaired) electrons. The monoisotopic (exact) mass is 138 g/mol. The van der Waals surface area contributed by atoms with E-state index < -0.39 is 11.2 Å². The second kappa shape index (κ2) is 2.39. The van der Waals surface area contributed by atoms with Crippen molar-refractivity contribution >= 4 is 6.08 Å². The lowest BCUT2D eigenvalue weighted by atomic mass is 10.3. The third kappa shape index (κ3) is 0.932. The fourth-order valence-electron chi connectivity index (χ4n) is 0.570. The van der Waals surface area contributed by atoms with Crippen LogP contribution in [0.25, 0.3) is 6.08 Å². The molecule has 0 fully saturated rings. The fourth-order valence-corrected chi connectivity index (χ4v) is 0.570. The molecule has 1 heterocycles. The Kier molecular flexibility index (Phi) is 1.58. The van der Waals surface area contributed by atoms with Crippen molar-refractivity contribution in [2.75, 3.05) is 0 Å². The molecule has 0 aliphatic carbocycles. The van der Waals surface area contributed by atoms with Crippen molar-refractivity contribution in [3.8, 4) is 5.75 Å². The molecule has 0 saturated heterocycles. The van der Waals surface area contributed by atoms with Gasteiger partial charge < -0.3 is 9.52 Å². The van der Waals surface area contributed by atoms with Crippen LogP contribution in [0.2, 0.25) is 0 Å². The molecular weight excluding hydrogens is 132 g/mol. The second-order valence-electron chi connectivity index (χ2n) is 1.70. The second-order valence-corrected chi connectivity index (χ2v) is 1.70. The van der Waals surface area contributed by atoms with Crippen LogP contribution in [-0.4, -0.2) is 5.11 Å². The van der Waals surface area contributed by atoms with Gasteiger partial charge in [0, 0.05) is 6.07 Å². The fraction of sp³-hybridized carbons (Fsp3) is 0. The van der Waals surface area contributed by atoms with Crippen molar-refractivity contribution in [1.82, 2.24) is 0 Å².